The molecule has 2 aromatic carbocycles. The summed E-state index contributed by atoms with van der Waals surface area (Å²) in [7, 11) is -3.76. The van der Waals surface area contributed by atoms with Gasteiger partial charge >= 0.3 is 5.97 Å². The largest absolute Gasteiger partial charge is 0.452 e. The average molecular weight is 407 g/mol. The van der Waals surface area contributed by atoms with Crippen LogP contribution < -0.4 is 10.5 Å². The first-order valence-corrected chi connectivity index (χ1v) is 9.51. The molecule has 0 aliphatic rings. The van der Waals surface area contributed by atoms with E-state index in [9.17, 15) is 28.1 Å². The number of esters is 1. The molecule has 11 heteroatoms. The molecule has 0 bridgehead atoms. The number of nitrogens with zero attached hydrogens (tertiary/aromatic N) is 1. The van der Waals surface area contributed by atoms with Gasteiger partial charge in [0.05, 0.1) is 15.4 Å². The summed E-state index contributed by atoms with van der Waals surface area (Å²) in [5.41, 5.74) is 0.491. The minimum atomic E-state index is -3.76. The molecule has 2 rings (SSSR count). The van der Waals surface area contributed by atoms with Gasteiger partial charge in [-0.1, -0.05) is 18.2 Å². The number of nitro groups is 1. The lowest BCUT2D eigenvalue weighted by Gasteiger charge is -2.07. The number of nitro benzene ring substituents is 1. The lowest BCUT2D eigenvalue weighted by atomic mass is 10.1. The van der Waals surface area contributed by atoms with Crippen LogP contribution in [0.1, 0.15) is 15.9 Å². The number of ether oxygens (including phenoxy) is 1. The number of primary sulfonamides is 1. The van der Waals surface area contributed by atoms with E-state index in [1.54, 1.807) is 12.1 Å². The third-order valence-electron chi connectivity index (χ3n) is 3.61. The van der Waals surface area contributed by atoms with E-state index in [1.807, 2.05) is 0 Å². The Morgan fingerprint density at radius 2 is 1.82 bits per heavy atom. The van der Waals surface area contributed by atoms with E-state index in [2.05, 4.69) is 5.32 Å². The van der Waals surface area contributed by atoms with Crippen LogP contribution in [0.15, 0.2) is 53.4 Å². The van der Waals surface area contributed by atoms with Crippen molar-refractivity contribution in [3.8, 4) is 0 Å². The molecule has 0 aliphatic carbocycles. The number of carbonyl (C=O) groups excluding carboxylic acids is 2. The number of rotatable bonds is 8. The second kappa shape index (κ2) is 9.06. The van der Waals surface area contributed by atoms with Crippen molar-refractivity contribution < 1.29 is 27.7 Å². The van der Waals surface area contributed by atoms with Gasteiger partial charge in [-0.15, -0.1) is 0 Å². The van der Waals surface area contributed by atoms with Gasteiger partial charge in [0.15, 0.2) is 6.61 Å². The monoisotopic (exact) mass is 407 g/mol. The van der Waals surface area contributed by atoms with Gasteiger partial charge in [-0.25, -0.2) is 18.4 Å². The molecule has 0 heterocycles. The SMILES string of the molecule is NS(=O)(=O)c1ccc(CCNC(=O)COC(=O)c2cccc([N+](=O)[O-])c2)cc1. The van der Waals surface area contributed by atoms with Crippen LogP contribution in [0.25, 0.3) is 0 Å². The molecule has 10 nitrogen and oxygen atoms in total. The summed E-state index contributed by atoms with van der Waals surface area (Å²) in [6, 6.07) is 10.9. The summed E-state index contributed by atoms with van der Waals surface area (Å²) in [5.74, 6) is -1.39. The van der Waals surface area contributed by atoms with Gasteiger partial charge in [-0.3, -0.25) is 14.9 Å². The Bertz CT molecular complexity index is 988. The molecule has 0 fully saturated rings. The van der Waals surface area contributed by atoms with Crippen LogP contribution >= 0.6 is 0 Å². The number of sulfonamides is 1. The van der Waals surface area contributed by atoms with Gasteiger partial charge in [-0.05, 0) is 30.2 Å². The van der Waals surface area contributed by atoms with Gasteiger partial charge < -0.3 is 10.1 Å². The van der Waals surface area contributed by atoms with E-state index in [0.717, 1.165) is 11.6 Å². The summed E-state index contributed by atoms with van der Waals surface area (Å²) < 4.78 is 27.2. The number of hydrogen-bond acceptors (Lipinski definition) is 7. The lowest BCUT2D eigenvalue weighted by Crippen LogP contribution is -2.30. The number of carbonyl (C=O) groups is 2. The summed E-state index contributed by atoms with van der Waals surface area (Å²) >= 11 is 0. The minimum Gasteiger partial charge on any atom is -0.452 e. The number of hydrogen-bond donors (Lipinski definition) is 2. The highest BCUT2D eigenvalue weighted by Gasteiger charge is 2.14. The molecule has 28 heavy (non-hydrogen) atoms. The summed E-state index contributed by atoms with van der Waals surface area (Å²) in [6.45, 7) is -0.298. The highest BCUT2D eigenvalue weighted by molar-refractivity contribution is 7.89. The quantitative estimate of drug-likeness (QED) is 0.371. The molecule has 2 aromatic rings. The van der Waals surface area contributed by atoms with Crippen LogP contribution in [0.3, 0.4) is 0 Å². The minimum absolute atomic E-state index is 0.00616. The average Bonchev–Trinajstić information content (AvgIpc) is 2.66. The molecular weight excluding hydrogens is 390 g/mol. The Morgan fingerprint density at radius 3 is 2.43 bits per heavy atom. The van der Waals surface area contributed by atoms with Gasteiger partial charge in [0.25, 0.3) is 11.6 Å². The predicted molar refractivity (Wildman–Crippen MR) is 97.9 cm³/mol. The van der Waals surface area contributed by atoms with E-state index in [0.29, 0.717) is 6.42 Å². The molecule has 1 amide bonds. The highest BCUT2D eigenvalue weighted by Crippen LogP contribution is 2.14. The normalized spacial score (nSPS) is 10.9. The van der Waals surface area contributed by atoms with Crippen LogP contribution in [0.5, 0.6) is 0 Å². The van der Waals surface area contributed by atoms with Gasteiger partial charge in [0.2, 0.25) is 10.0 Å². The van der Waals surface area contributed by atoms with E-state index < -0.39 is 33.4 Å². The smallest absolute Gasteiger partial charge is 0.338 e. The Morgan fingerprint density at radius 1 is 1.14 bits per heavy atom. The maximum absolute atomic E-state index is 11.8. The summed E-state index contributed by atoms with van der Waals surface area (Å²) in [6.07, 6.45) is 0.426. The zero-order valence-electron chi connectivity index (χ0n) is 14.5. The fourth-order valence-corrected chi connectivity index (χ4v) is 2.72. The number of non-ortho nitro benzene ring substituents is 1. The fourth-order valence-electron chi connectivity index (χ4n) is 2.20. The van der Waals surface area contributed by atoms with Gasteiger partial charge in [0, 0.05) is 18.7 Å². The Hall–Kier alpha value is -3.31. The molecule has 0 unspecified atom stereocenters. The van der Waals surface area contributed by atoms with Crippen LogP contribution in [0.2, 0.25) is 0 Å². The topological polar surface area (TPSA) is 159 Å². The van der Waals surface area contributed by atoms with E-state index >= 15 is 0 Å². The van der Waals surface area contributed by atoms with Crippen LogP contribution in [0, 0.1) is 10.1 Å². The highest BCUT2D eigenvalue weighted by atomic mass is 32.2. The third kappa shape index (κ3) is 6.14. The molecular formula is C17H17N3O7S. The van der Waals surface area contributed by atoms with Crippen molar-refractivity contribution in [3.05, 3.63) is 69.8 Å². The third-order valence-corrected chi connectivity index (χ3v) is 4.54. The van der Waals surface area contributed by atoms with Gasteiger partial charge in [0.1, 0.15) is 0 Å². The summed E-state index contributed by atoms with van der Waals surface area (Å²) in [4.78, 5) is 33.6. The van der Waals surface area contributed by atoms with Gasteiger partial charge in [-0.2, -0.15) is 0 Å². The maximum atomic E-state index is 11.8. The van der Waals surface area contributed by atoms with E-state index in [1.165, 1.54) is 30.3 Å². The van der Waals surface area contributed by atoms with Crippen molar-refractivity contribution in [1.82, 2.24) is 5.32 Å². The van der Waals surface area contributed by atoms with E-state index in [-0.39, 0.29) is 22.7 Å². The van der Waals surface area contributed by atoms with Crippen LogP contribution in [-0.4, -0.2) is 38.4 Å². The van der Waals surface area contributed by atoms with Crippen molar-refractivity contribution in [2.24, 2.45) is 5.14 Å². The van der Waals surface area contributed by atoms with Crippen molar-refractivity contribution >= 4 is 27.6 Å². The Labute approximate surface area is 160 Å². The van der Waals surface area contributed by atoms with Crippen molar-refractivity contribution in [2.45, 2.75) is 11.3 Å². The zero-order chi connectivity index (χ0) is 20.7. The molecule has 0 saturated heterocycles. The van der Waals surface area contributed by atoms with Crippen molar-refractivity contribution in [3.63, 3.8) is 0 Å². The lowest BCUT2D eigenvalue weighted by molar-refractivity contribution is -0.384. The summed E-state index contributed by atoms with van der Waals surface area (Å²) in [5, 5.41) is 18.3. The predicted octanol–water partition coefficient (Wildman–Crippen LogP) is 0.758. The molecule has 3 N–H and O–H groups in total. The zero-order valence-corrected chi connectivity index (χ0v) is 15.3. The molecule has 0 saturated carbocycles. The molecule has 0 aromatic heterocycles. The Balaban J connectivity index is 1.77. The number of nitrogens with one attached hydrogen (secondary N) is 1. The number of benzene rings is 2. The first-order chi connectivity index (χ1) is 13.2. The van der Waals surface area contributed by atoms with Crippen LogP contribution in [0.4, 0.5) is 5.69 Å². The first-order valence-electron chi connectivity index (χ1n) is 7.97. The maximum Gasteiger partial charge on any atom is 0.338 e. The van der Waals surface area contributed by atoms with Crippen molar-refractivity contribution in [2.75, 3.05) is 13.2 Å². The molecule has 0 atom stereocenters. The molecule has 0 aliphatic heterocycles. The molecule has 0 spiro atoms. The Kier molecular flexibility index (Phi) is 6.79. The standard InChI is InChI=1S/C17H17N3O7S/c18-28(25,26)15-6-4-12(5-7-15)8-9-19-16(21)11-27-17(22)13-2-1-3-14(10-13)20(23)24/h1-7,10H,8-9,11H2,(H,19,21)(H2,18,25,26). The van der Waals surface area contributed by atoms with Crippen LogP contribution in [-0.2, 0) is 26.0 Å². The number of amides is 1. The second-order valence-electron chi connectivity index (χ2n) is 5.67. The first kappa shape index (κ1) is 21.0. The fraction of sp³-hybridized carbons (Fsp3) is 0.176. The second-order valence-corrected chi connectivity index (χ2v) is 7.23. The van der Waals surface area contributed by atoms with Crippen molar-refractivity contribution in [1.29, 1.82) is 0 Å². The van der Waals surface area contributed by atoms with E-state index in [4.69, 9.17) is 9.88 Å². The molecule has 0 radical (unpaired) electrons. The number of nitrogens with two attached hydrogens (primary N) is 1. The molecule has 148 valence electrons.